The van der Waals surface area contributed by atoms with Crippen LogP contribution < -0.4 is 10.1 Å². The Balaban J connectivity index is 1.83. The summed E-state index contributed by atoms with van der Waals surface area (Å²) in [4.78, 5) is 14.2. The Morgan fingerprint density at radius 3 is 3.15 bits per heavy atom. The first-order chi connectivity index (χ1) is 9.69. The van der Waals surface area contributed by atoms with Gasteiger partial charge >= 0.3 is 0 Å². The zero-order chi connectivity index (χ0) is 14.1. The van der Waals surface area contributed by atoms with Crippen molar-refractivity contribution in [3.05, 3.63) is 28.3 Å². The Hall–Kier alpha value is -1.26. The predicted octanol–water partition coefficient (Wildman–Crippen LogP) is 1.99. The SMILES string of the molecule is CCC1NCCN(Cc2cc(Cl)cc3c2OCC3)C1=O. The second-order valence-electron chi connectivity index (χ2n) is 5.33. The fourth-order valence-corrected chi connectivity index (χ4v) is 3.20. The summed E-state index contributed by atoms with van der Waals surface area (Å²) in [5, 5.41) is 3.97. The minimum Gasteiger partial charge on any atom is -0.493 e. The monoisotopic (exact) mass is 294 g/mol. The minimum absolute atomic E-state index is 0.0584. The van der Waals surface area contributed by atoms with Crippen molar-refractivity contribution in [1.82, 2.24) is 10.2 Å². The lowest BCUT2D eigenvalue weighted by molar-refractivity contribution is -0.136. The molecule has 3 rings (SSSR count). The van der Waals surface area contributed by atoms with E-state index in [2.05, 4.69) is 5.32 Å². The van der Waals surface area contributed by atoms with Gasteiger partial charge in [0.25, 0.3) is 0 Å². The molecule has 4 nitrogen and oxygen atoms in total. The topological polar surface area (TPSA) is 41.6 Å². The van der Waals surface area contributed by atoms with E-state index in [1.807, 2.05) is 24.0 Å². The molecule has 2 heterocycles. The van der Waals surface area contributed by atoms with Gasteiger partial charge in [-0.25, -0.2) is 0 Å². The van der Waals surface area contributed by atoms with E-state index >= 15 is 0 Å². The highest BCUT2D eigenvalue weighted by molar-refractivity contribution is 6.30. The largest absolute Gasteiger partial charge is 0.493 e. The first-order valence-electron chi connectivity index (χ1n) is 7.15. The van der Waals surface area contributed by atoms with Crippen molar-refractivity contribution in [2.24, 2.45) is 0 Å². The molecule has 1 fully saturated rings. The van der Waals surface area contributed by atoms with Crippen LogP contribution in [0.3, 0.4) is 0 Å². The van der Waals surface area contributed by atoms with E-state index in [1.54, 1.807) is 0 Å². The summed E-state index contributed by atoms with van der Waals surface area (Å²) in [5.41, 5.74) is 2.18. The zero-order valence-electron chi connectivity index (χ0n) is 11.6. The second-order valence-corrected chi connectivity index (χ2v) is 5.76. The van der Waals surface area contributed by atoms with E-state index in [0.29, 0.717) is 13.2 Å². The van der Waals surface area contributed by atoms with Crippen molar-refractivity contribution < 1.29 is 9.53 Å². The molecule has 0 radical (unpaired) electrons. The lowest BCUT2D eigenvalue weighted by atomic mass is 10.1. The molecule has 5 heteroatoms. The van der Waals surface area contributed by atoms with Crippen LogP contribution in [0.1, 0.15) is 24.5 Å². The molecule has 1 unspecified atom stereocenters. The van der Waals surface area contributed by atoms with Crippen molar-refractivity contribution in [3.63, 3.8) is 0 Å². The molecule has 1 aromatic rings. The van der Waals surface area contributed by atoms with Crippen molar-refractivity contribution in [2.45, 2.75) is 32.4 Å². The molecular formula is C15H19ClN2O2. The number of rotatable bonds is 3. The number of carbonyl (C=O) groups excluding carboxylic acids is 1. The number of nitrogens with zero attached hydrogens (tertiary/aromatic N) is 1. The number of benzene rings is 1. The van der Waals surface area contributed by atoms with Crippen LogP contribution in [0.2, 0.25) is 5.02 Å². The maximum absolute atomic E-state index is 12.3. The Kier molecular flexibility index (Phi) is 3.85. The predicted molar refractivity (Wildman–Crippen MR) is 78.1 cm³/mol. The van der Waals surface area contributed by atoms with Crippen molar-refractivity contribution in [3.8, 4) is 5.75 Å². The number of ether oxygens (including phenoxy) is 1. The van der Waals surface area contributed by atoms with Gasteiger partial charge in [-0.05, 0) is 24.1 Å². The Morgan fingerprint density at radius 1 is 1.50 bits per heavy atom. The van der Waals surface area contributed by atoms with Crippen LogP contribution in [0.25, 0.3) is 0 Å². The summed E-state index contributed by atoms with van der Waals surface area (Å²) in [7, 11) is 0. The first kappa shape index (κ1) is 13.7. The number of fused-ring (bicyclic) bond motifs is 1. The molecule has 1 saturated heterocycles. The Labute approximate surface area is 124 Å². The average Bonchev–Trinajstić information content (AvgIpc) is 2.89. The highest BCUT2D eigenvalue weighted by atomic mass is 35.5. The first-order valence-corrected chi connectivity index (χ1v) is 7.53. The van der Waals surface area contributed by atoms with Crippen molar-refractivity contribution in [2.75, 3.05) is 19.7 Å². The summed E-state index contributed by atoms with van der Waals surface area (Å²) in [6, 6.07) is 3.82. The van der Waals surface area contributed by atoms with Crippen LogP contribution in [-0.2, 0) is 17.8 Å². The summed E-state index contributed by atoms with van der Waals surface area (Å²) in [6.07, 6.45) is 1.72. The number of amides is 1. The van der Waals surface area contributed by atoms with Gasteiger partial charge in [0.05, 0.1) is 12.6 Å². The minimum atomic E-state index is -0.0584. The summed E-state index contributed by atoms with van der Waals surface area (Å²) in [5.74, 6) is 1.10. The van der Waals surface area contributed by atoms with E-state index in [4.69, 9.17) is 16.3 Å². The van der Waals surface area contributed by atoms with Gasteiger partial charge in [-0.15, -0.1) is 0 Å². The lowest BCUT2D eigenvalue weighted by Gasteiger charge is -2.33. The quantitative estimate of drug-likeness (QED) is 0.927. The summed E-state index contributed by atoms with van der Waals surface area (Å²) < 4.78 is 5.70. The van der Waals surface area contributed by atoms with Crippen LogP contribution in [0.15, 0.2) is 12.1 Å². The third-order valence-corrected chi connectivity index (χ3v) is 4.20. The number of halogens is 1. The standard InChI is InChI=1S/C15H19ClN2O2/c1-2-13-15(19)18(5-4-17-13)9-11-8-12(16)7-10-3-6-20-14(10)11/h7-8,13,17H,2-6,9H2,1H3. The van der Waals surface area contributed by atoms with Gasteiger partial charge in [-0.1, -0.05) is 18.5 Å². The number of hydrogen-bond acceptors (Lipinski definition) is 3. The fraction of sp³-hybridized carbons (Fsp3) is 0.533. The molecule has 0 saturated carbocycles. The average molecular weight is 295 g/mol. The molecule has 1 aromatic carbocycles. The molecule has 2 aliphatic heterocycles. The molecule has 1 atom stereocenters. The van der Waals surface area contributed by atoms with Crippen molar-refractivity contribution >= 4 is 17.5 Å². The van der Waals surface area contributed by atoms with Gasteiger partial charge < -0.3 is 15.0 Å². The van der Waals surface area contributed by atoms with Crippen LogP contribution in [0, 0.1) is 0 Å². The number of carbonyl (C=O) groups is 1. The Morgan fingerprint density at radius 2 is 2.35 bits per heavy atom. The van der Waals surface area contributed by atoms with Gasteiger partial charge in [0.15, 0.2) is 0 Å². The van der Waals surface area contributed by atoms with E-state index in [1.165, 1.54) is 0 Å². The van der Waals surface area contributed by atoms with Crippen LogP contribution in [-0.4, -0.2) is 36.5 Å². The molecule has 108 valence electrons. The number of nitrogens with one attached hydrogen (secondary N) is 1. The van der Waals surface area contributed by atoms with Gasteiger partial charge in [0.1, 0.15) is 5.75 Å². The molecule has 0 spiro atoms. The summed E-state index contributed by atoms with van der Waals surface area (Å²) >= 11 is 6.17. The number of hydrogen-bond donors (Lipinski definition) is 1. The maximum atomic E-state index is 12.3. The highest BCUT2D eigenvalue weighted by Crippen LogP contribution is 2.33. The van der Waals surface area contributed by atoms with E-state index in [9.17, 15) is 4.79 Å². The molecule has 20 heavy (non-hydrogen) atoms. The van der Waals surface area contributed by atoms with Gasteiger partial charge in [-0.3, -0.25) is 4.79 Å². The molecular weight excluding hydrogens is 276 g/mol. The van der Waals surface area contributed by atoms with Crippen LogP contribution in [0.4, 0.5) is 0 Å². The second kappa shape index (κ2) is 5.62. The molecule has 1 N–H and O–H groups in total. The van der Waals surface area contributed by atoms with Crippen LogP contribution in [0.5, 0.6) is 5.75 Å². The van der Waals surface area contributed by atoms with Gasteiger partial charge in [0, 0.05) is 36.6 Å². The van der Waals surface area contributed by atoms with E-state index in [0.717, 1.165) is 47.8 Å². The zero-order valence-corrected chi connectivity index (χ0v) is 12.4. The number of piperazine rings is 1. The molecule has 1 amide bonds. The smallest absolute Gasteiger partial charge is 0.240 e. The summed E-state index contributed by atoms with van der Waals surface area (Å²) in [6.45, 7) is 4.89. The van der Waals surface area contributed by atoms with Crippen LogP contribution >= 0.6 is 11.6 Å². The molecule has 0 aromatic heterocycles. The molecule has 0 aliphatic carbocycles. The third-order valence-electron chi connectivity index (χ3n) is 3.98. The van der Waals surface area contributed by atoms with Gasteiger partial charge in [0.2, 0.25) is 5.91 Å². The van der Waals surface area contributed by atoms with Gasteiger partial charge in [-0.2, -0.15) is 0 Å². The highest BCUT2D eigenvalue weighted by Gasteiger charge is 2.28. The molecule has 0 bridgehead atoms. The normalized spacial score (nSPS) is 21.8. The Bertz CT molecular complexity index is 533. The maximum Gasteiger partial charge on any atom is 0.240 e. The third kappa shape index (κ3) is 2.50. The van der Waals surface area contributed by atoms with E-state index in [-0.39, 0.29) is 11.9 Å². The fourth-order valence-electron chi connectivity index (χ4n) is 2.94. The van der Waals surface area contributed by atoms with Crippen molar-refractivity contribution in [1.29, 1.82) is 0 Å². The lowest BCUT2D eigenvalue weighted by Crippen LogP contribution is -2.54. The molecule has 2 aliphatic rings. The van der Waals surface area contributed by atoms with E-state index < -0.39 is 0 Å².